The monoisotopic (exact) mass is 218 g/mol. The molecule has 0 saturated heterocycles. The first-order valence-electron chi connectivity index (χ1n) is 6.89. The molecular formula is C14H28B2. The Kier molecular flexibility index (Phi) is 6.82. The largest absolute Gasteiger partial charge is 0.0916 e. The third-order valence-corrected chi connectivity index (χ3v) is 4.16. The predicted molar refractivity (Wildman–Crippen MR) is 76.2 cm³/mol. The highest BCUT2D eigenvalue weighted by molar-refractivity contribution is 6.40. The molecule has 0 aliphatic carbocycles. The molecule has 2 heteroatoms. The molecular weight excluding hydrogens is 190 g/mol. The summed E-state index contributed by atoms with van der Waals surface area (Å²) in [6, 6.07) is 0. The first-order valence-corrected chi connectivity index (χ1v) is 6.89. The Hall–Kier alpha value is 0.130. The molecule has 0 aliphatic heterocycles. The van der Waals surface area contributed by atoms with Crippen molar-refractivity contribution in [1.82, 2.24) is 0 Å². The molecule has 0 spiro atoms. The molecule has 0 fully saturated rings. The highest BCUT2D eigenvalue weighted by Gasteiger charge is 2.40. The van der Waals surface area contributed by atoms with Gasteiger partial charge in [-0.3, -0.25) is 0 Å². The second-order valence-electron chi connectivity index (χ2n) is 5.86. The summed E-state index contributed by atoms with van der Waals surface area (Å²) >= 11 is 0. The second-order valence-corrected chi connectivity index (χ2v) is 5.86. The van der Waals surface area contributed by atoms with Crippen LogP contribution < -0.4 is 0 Å². The van der Waals surface area contributed by atoms with E-state index in [9.17, 15) is 0 Å². The maximum Gasteiger partial charge on any atom is 0.0631 e. The van der Waals surface area contributed by atoms with Gasteiger partial charge in [0, 0.05) is 0 Å². The summed E-state index contributed by atoms with van der Waals surface area (Å²) in [5.74, 6) is 0.325. The molecule has 0 nitrogen and oxygen atoms in total. The number of unbranched alkanes of at least 4 members (excludes halogenated alkanes) is 2. The normalized spacial score (nSPS) is 13.4. The van der Waals surface area contributed by atoms with Crippen LogP contribution in [0.4, 0.5) is 0 Å². The van der Waals surface area contributed by atoms with Crippen molar-refractivity contribution in [2.24, 2.45) is 11.3 Å². The van der Waals surface area contributed by atoms with Crippen molar-refractivity contribution in [3.05, 3.63) is 0 Å². The zero-order valence-corrected chi connectivity index (χ0v) is 12.0. The van der Waals surface area contributed by atoms with Gasteiger partial charge in [0.05, 0.1) is 15.7 Å². The van der Waals surface area contributed by atoms with Crippen LogP contribution in [-0.2, 0) is 0 Å². The molecule has 0 aliphatic rings. The first kappa shape index (κ1) is 16.1. The van der Waals surface area contributed by atoms with Gasteiger partial charge in [-0.05, 0) is 18.3 Å². The molecule has 0 rings (SSSR count). The molecule has 0 atom stereocenters. The standard InChI is InChI=1S/C14H28B2/c1-6-8-10-13(5,11-9-7-2)14(15,16)12(3)4/h12H,6-11H2,1-5H3. The second kappa shape index (κ2) is 6.77. The SMILES string of the molecule is [B]C([B])(C(C)C)C(C)(CCCC)CCCC. The molecule has 0 aromatic rings. The van der Waals surface area contributed by atoms with Crippen LogP contribution in [-0.4, -0.2) is 15.7 Å². The molecule has 0 aromatic heterocycles. The summed E-state index contributed by atoms with van der Waals surface area (Å²) in [7, 11) is 12.8. The Bertz CT molecular complexity index is 177. The first-order chi connectivity index (χ1) is 7.31. The van der Waals surface area contributed by atoms with E-state index in [1.54, 1.807) is 0 Å². The molecule has 0 saturated carbocycles. The molecule has 0 N–H and O–H groups in total. The molecule has 0 heterocycles. The van der Waals surface area contributed by atoms with Gasteiger partial charge in [0.15, 0.2) is 0 Å². The lowest BCUT2D eigenvalue weighted by Gasteiger charge is -2.49. The Morgan fingerprint density at radius 1 is 0.938 bits per heavy atom. The predicted octanol–water partition coefficient (Wildman–Crippen LogP) is 4.48. The number of rotatable bonds is 8. The van der Waals surface area contributed by atoms with Gasteiger partial charge < -0.3 is 0 Å². The topological polar surface area (TPSA) is 0 Å². The summed E-state index contributed by atoms with van der Waals surface area (Å²) in [6.07, 6.45) is 7.18. The van der Waals surface area contributed by atoms with Crippen LogP contribution in [0.1, 0.15) is 73.1 Å². The van der Waals surface area contributed by atoms with Crippen molar-refractivity contribution in [3.8, 4) is 0 Å². The molecule has 0 bridgehead atoms. The van der Waals surface area contributed by atoms with Crippen LogP contribution >= 0.6 is 0 Å². The fourth-order valence-corrected chi connectivity index (χ4v) is 2.39. The van der Waals surface area contributed by atoms with Gasteiger partial charge in [-0.15, -0.1) is 0 Å². The zero-order valence-electron chi connectivity index (χ0n) is 12.0. The molecule has 4 radical (unpaired) electrons. The lowest BCUT2D eigenvalue weighted by atomic mass is 9.37. The summed E-state index contributed by atoms with van der Waals surface area (Å²) in [5, 5.41) is -0.544. The number of hydrogen-bond donors (Lipinski definition) is 0. The minimum Gasteiger partial charge on any atom is -0.0916 e. The summed E-state index contributed by atoms with van der Waals surface area (Å²) < 4.78 is 0. The van der Waals surface area contributed by atoms with E-state index >= 15 is 0 Å². The van der Waals surface area contributed by atoms with Crippen LogP contribution in [0.3, 0.4) is 0 Å². The van der Waals surface area contributed by atoms with Crippen molar-refractivity contribution >= 4 is 15.7 Å². The average molecular weight is 218 g/mol. The van der Waals surface area contributed by atoms with Crippen molar-refractivity contribution in [3.63, 3.8) is 0 Å². The van der Waals surface area contributed by atoms with E-state index in [1.165, 1.54) is 25.7 Å². The van der Waals surface area contributed by atoms with Crippen LogP contribution in [0.5, 0.6) is 0 Å². The molecule has 0 amide bonds. The van der Waals surface area contributed by atoms with E-state index in [2.05, 4.69) is 34.6 Å². The molecule has 90 valence electrons. The van der Waals surface area contributed by atoms with E-state index in [0.29, 0.717) is 5.92 Å². The van der Waals surface area contributed by atoms with Crippen LogP contribution in [0, 0.1) is 11.3 Å². The smallest absolute Gasteiger partial charge is 0.0631 e. The Balaban J connectivity index is 4.75. The fraction of sp³-hybridized carbons (Fsp3) is 1.00. The van der Waals surface area contributed by atoms with E-state index in [-0.39, 0.29) is 5.41 Å². The summed E-state index contributed by atoms with van der Waals surface area (Å²) in [5.41, 5.74) is 0.0766. The average Bonchev–Trinajstić information content (AvgIpc) is 2.23. The van der Waals surface area contributed by atoms with Crippen LogP contribution in [0.25, 0.3) is 0 Å². The molecule has 16 heavy (non-hydrogen) atoms. The zero-order chi connectivity index (χ0) is 12.8. The van der Waals surface area contributed by atoms with Gasteiger partial charge in [0.1, 0.15) is 0 Å². The minimum atomic E-state index is -0.544. The number of hydrogen-bond acceptors (Lipinski definition) is 0. The maximum absolute atomic E-state index is 6.40. The summed E-state index contributed by atoms with van der Waals surface area (Å²) in [4.78, 5) is 0. The lowest BCUT2D eigenvalue weighted by Crippen LogP contribution is -2.39. The van der Waals surface area contributed by atoms with Gasteiger partial charge in [-0.25, -0.2) is 0 Å². The van der Waals surface area contributed by atoms with Crippen molar-refractivity contribution in [1.29, 1.82) is 0 Å². The summed E-state index contributed by atoms with van der Waals surface area (Å²) in [6.45, 7) is 11.0. The van der Waals surface area contributed by atoms with Gasteiger partial charge >= 0.3 is 0 Å². The van der Waals surface area contributed by atoms with Gasteiger partial charge in [0.25, 0.3) is 0 Å². The van der Waals surface area contributed by atoms with Crippen LogP contribution in [0.15, 0.2) is 0 Å². The highest BCUT2D eigenvalue weighted by atomic mass is 14.4. The lowest BCUT2D eigenvalue weighted by molar-refractivity contribution is 0.179. The fourth-order valence-electron chi connectivity index (χ4n) is 2.39. The van der Waals surface area contributed by atoms with Crippen molar-refractivity contribution in [2.45, 2.75) is 78.4 Å². The van der Waals surface area contributed by atoms with E-state index in [1.807, 2.05) is 0 Å². The van der Waals surface area contributed by atoms with E-state index < -0.39 is 5.21 Å². The van der Waals surface area contributed by atoms with E-state index in [0.717, 1.165) is 12.8 Å². The van der Waals surface area contributed by atoms with Crippen molar-refractivity contribution in [2.75, 3.05) is 0 Å². The van der Waals surface area contributed by atoms with Gasteiger partial charge in [-0.1, -0.05) is 71.4 Å². The Morgan fingerprint density at radius 2 is 1.31 bits per heavy atom. The van der Waals surface area contributed by atoms with Crippen molar-refractivity contribution < 1.29 is 0 Å². The minimum absolute atomic E-state index is 0.0766. The van der Waals surface area contributed by atoms with Gasteiger partial charge in [-0.2, -0.15) is 0 Å². The third kappa shape index (κ3) is 3.86. The Labute approximate surface area is 106 Å². The Morgan fingerprint density at radius 3 is 1.56 bits per heavy atom. The van der Waals surface area contributed by atoms with E-state index in [4.69, 9.17) is 15.7 Å². The van der Waals surface area contributed by atoms with Crippen LogP contribution in [0.2, 0.25) is 5.21 Å². The molecule has 0 unspecified atom stereocenters. The third-order valence-electron chi connectivity index (χ3n) is 4.16. The van der Waals surface area contributed by atoms with Gasteiger partial charge in [0.2, 0.25) is 0 Å². The molecule has 0 aromatic carbocycles. The maximum atomic E-state index is 6.40. The quantitative estimate of drug-likeness (QED) is 0.526. The highest BCUT2D eigenvalue weighted by Crippen LogP contribution is 2.52.